The van der Waals surface area contributed by atoms with Gasteiger partial charge in [-0.25, -0.2) is 0 Å². The molecule has 0 fully saturated rings. The molecule has 0 aliphatic rings. The quantitative estimate of drug-likeness (QED) is 0.630. The lowest BCUT2D eigenvalue weighted by Gasteiger charge is -2.18. The van der Waals surface area contributed by atoms with Gasteiger partial charge in [-0.1, -0.05) is 55.5 Å². The van der Waals surface area contributed by atoms with E-state index in [0.29, 0.717) is 25.3 Å². The van der Waals surface area contributed by atoms with E-state index in [1.165, 1.54) is 0 Å². The molecule has 0 radical (unpaired) electrons. The molecule has 4 heteroatoms. The van der Waals surface area contributed by atoms with Crippen LogP contribution in [-0.2, 0) is 11.3 Å². The summed E-state index contributed by atoms with van der Waals surface area (Å²) in [5.74, 6) is 1.37. The molecule has 0 heterocycles. The fourth-order valence-electron chi connectivity index (χ4n) is 2.97. The molecule has 3 rings (SSSR count). The summed E-state index contributed by atoms with van der Waals surface area (Å²) in [6.07, 6.45) is 0.0524. The van der Waals surface area contributed by atoms with Crippen molar-refractivity contribution in [3.8, 4) is 11.5 Å². The van der Waals surface area contributed by atoms with Crippen LogP contribution in [0.5, 0.6) is 11.5 Å². The van der Waals surface area contributed by atoms with Crippen molar-refractivity contribution in [2.45, 2.75) is 32.9 Å². The molecule has 1 amide bonds. The Labute approximate surface area is 160 Å². The van der Waals surface area contributed by atoms with Crippen LogP contribution in [0.25, 0.3) is 10.8 Å². The van der Waals surface area contributed by atoms with Crippen molar-refractivity contribution in [1.82, 2.24) is 5.32 Å². The summed E-state index contributed by atoms with van der Waals surface area (Å²) in [6.45, 7) is 4.89. The Balaban J connectivity index is 1.65. The van der Waals surface area contributed by atoms with E-state index in [1.807, 2.05) is 74.5 Å². The summed E-state index contributed by atoms with van der Waals surface area (Å²) >= 11 is 0. The minimum atomic E-state index is -0.537. The van der Waals surface area contributed by atoms with E-state index < -0.39 is 6.10 Å². The molecule has 0 spiro atoms. The summed E-state index contributed by atoms with van der Waals surface area (Å²) in [4.78, 5) is 12.6. The fourth-order valence-corrected chi connectivity index (χ4v) is 2.97. The number of hydrogen-bond donors (Lipinski definition) is 1. The Bertz CT molecular complexity index is 907. The van der Waals surface area contributed by atoms with Gasteiger partial charge in [0.25, 0.3) is 5.91 Å². The van der Waals surface area contributed by atoms with Crippen molar-refractivity contribution in [3.05, 3.63) is 72.3 Å². The van der Waals surface area contributed by atoms with Crippen LogP contribution >= 0.6 is 0 Å². The number of ether oxygens (including phenoxy) is 2. The van der Waals surface area contributed by atoms with E-state index in [9.17, 15) is 4.79 Å². The Morgan fingerprint density at radius 1 is 0.963 bits per heavy atom. The maximum atomic E-state index is 12.6. The third-order valence-electron chi connectivity index (χ3n) is 4.39. The third kappa shape index (κ3) is 4.79. The van der Waals surface area contributed by atoms with E-state index in [4.69, 9.17) is 9.47 Å². The van der Waals surface area contributed by atoms with Crippen LogP contribution in [0, 0.1) is 0 Å². The molecule has 1 atom stereocenters. The maximum Gasteiger partial charge on any atom is 0.261 e. The number of para-hydroxylation sites is 1. The highest BCUT2D eigenvalue weighted by Crippen LogP contribution is 2.22. The van der Waals surface area contributed by atoms with Gasteiger partial charge in [-0.15, -0.1) is 0 Å². The van der Waals surface area contributed by atoms with E-state index in [1.54, 1.807) is 0 Å². The molecule has 0 saturated heterocycles. The number of carbonyl (C=O) groups is 1. The van der Waals surface area contributed by atoms with Crippen LogP contribution in [0.3, 0.4) is 0 Å². The first kappa shape index (κ1) is 18.8. The van der Waals surface area contributed by atoms with Crippen LogP contribution in [0.4, 0.5) is 0 Å². The Morgan fingerprint density at radius 2 is 1.70 bits per heavy atom. The van der Waals surface area contributed by atoms with Crippen molar-refractivity contribution in [2.24, 2.45) is 0 Å². The zero-order chi connectivity index (χ0) is 19.1. The molecular weight excluding hydrogens is 338 g/mol. The van der Waals surface area contributed by atoms with Gasteiger partial charge in [0.05, 0.1) is 6.61 Å². The van der Waals surface area contributed by atoms with Crippen LogP contribution in [-0.4, -0.2) is 18.6 Å². The average molecular weight is 363 g/mol. The number of carbonyl (C=O) groups excluding carboxylic acids is 1. The molecule has 0 aromatic heterocycles. The number of nitrogens with one attached hydrogen (secondary N) is 1. The summed E-state index contributed by atoms with van der Waals surface area (Å²) in [5.41, 5.74) is 0.952. The lowest BCUT2D eigenvalue weighted by Crippen LogP contribution is -2.37. The van der Waals surface area contributed by atoms with Crippen LogP contribution in [0.2, 0.25) is 0 Å². The molecule has 140 valence electrons. The van der Waals surface area contributed by atoms with E-state index in [2.05, 4.69) is 11.4 Å². The van der Waals surface area contributed by atoms with Gasteiger partial charge in [-0.05, 0) is 42.3 Å². The van der Waals surface area contributed by atoms with E-state index in [0.717, 1.165) is 22.1 Å². The normalized spacial score (nSPS) is 11.8. The second-order valence-electron chi connectivity index (χ2n) is 6.28. The molecule has 3 aromatic rings. The summed E-state index contributed by atoms with van der Waals surface area (Å²) in [5, 5.41) is 5.20. The first-order valence-corrected chi connectivity index (χ1v) is 9.35. The van der Waals surface area contributed by atoms with Gasteiger partial charge in [0.2, 0.25) is 0 Å². The Hall–Kier alpha value is -3.01. The number of benzene rings is 3. The van der Waals surface area contributed by atoms with Gasteiger partial charge < -0.3 is 14.8 Å². The molecular formula is C23H25NO3. The second kappa shape index (κ2) is 9.08. The van der Waals surface area contributed by atoms with Crippen LogP contribution < -0.4 is 14.8 Å². The maximum absolute atomic E-state index is 12.6. The van der Waals surface area contributed by atoms with Crippen molar-refractivity contribution < 1.29 is 14.3 Å². The number of rotatable bonds is 8. The lowest BCUT2D eigenvalue weighted by atomic mass is 10.1. The van der Waals surface area contributed by atoms with Crippen molar-refractivity contribution >= 4 is 16.7 Å². The largest absolute Gasteiger partial charge is 0.494 e. The molecule has 1 unspecified atom stereocenters. The first-order chi connectivity index (χ1) is 13.2. The van der Waals surface area contributed by atoms with Gasteiger partial charge in [-0.2, -0.15) is 0 Å². The van der Waals surface area contributed by atoms with Gasteiger partial charge in [0.1, 0.15) is 11.5 Å². The van der Waals surface area contributed by atoms with Crippen molar-refractivity contribution in [3.63, 3.8) is 0 Å². The summed E-state index contributed by atoms with van der Waals surface area (Å²) in [6, 6.07) is 21.7. The SMILES string of the molecule is CCOc1ccccc1CNC(=O)C(CC)Oc1ccc2ccccc2c1. The lowest BCUT2D eigenvalue weighted by molar-refractivity contribution is -0.128. The molecule has 0 aliphatic carbocycles. The molecule has 0 aliphatic heterocycles. The number of amides is 1. The summed E-state index contributed by atoms with van der Waals surface area (Å²) < 4.78 is 11.6. The third-order valence-corrected chi connectivity index (χ3v) is 4.39. The van der Waals surface area contributed by atoms with E-state index >= 15 is 0 Å². The average Bonchev–Trinajstić information content (AvgIpc) is 2.71. The highest BCUT2D eigenvalue weighted by Gasteiger charge is 2.18. The topological polar surface area (TPSA) is 47.6 Å². The minimum absolute atomic E-state index is 0.128. The predicted octanol–water partition coefficient (Wildman–Crippen LogP) is 4.71. The Kier molecular flexibility index (Phi) is 6.31. The van der Waals surface area contributed by atoms with Gasteiger partial charge in [-0.3, -0.25) is 4.79 Å². The van der Waals surface area contributed by atoms with Gasteiger partial charge in [0, 0.05) is 12.1 Å². The Morgan fingerprint density at radius 3 is 2.48 bits per heavy atom. The fraction of sp³-hybridized carbons (Fsp3) is 0.261. The van der Waals surface area contributed by atoms with Crippen molar-refractivity contribution in [1.29, 1.82) is 0 Å². The number of fused-ring (bicyclic) bond motifs is 1. The highest BCUT2D eigenvalue weighted by atomic mass is 16.5. The number of hydrogen-bond acceptors (Lipinski definition) is 3. The second-order valence-corrected chi connectivity index (χ2v) is 6.28. The highest BCUT2D eigenvalue weighted by molar-refractivity contribution is 5.84. The predicted molar refractivity (Wildman–Crippen MR) is 108 cm³/mol. The smallest absolute Gasteiger partial charge is 0.261 e. The first-order valence-electron chi connectivity index (χ1n) is 9.35. The van der Waals surface area contributed by atoms with Crippen molar-refractivity contribution in [2.75, 3.05) is 6.61 Å². The molecule has 1 N–H and O–H groups in total. The van der Waals surface area contributed by atoms with E-state index in [-0.39, 0.29) is 5.91 Å². The molecule has 0 bridgehead atoms. The summed E-state index contributed by atoms with van der Waals surface area (Å²) in [7, 11) is 0. The molecule has 4 nitrogen and oxygen atoms in total. The zero-order valence-corrected chi connectivity index (χ0v) is 15.8. The van der Waals surface area contributed by atoms with Gasteiger partial charge in [0.15, 0.2) is 6.10 Å². The molecule has 3 aromatic carbocycles. The molecule has 0 saturated carbocycles. The minimum Gasteiger partial charge on any atom is -0.494 e. The van der Waals surface area contributed by atoms with Gasteiger partial charge >= 0.3 is 0 Å². The monoisotopic (exact) mass is 363 g/mol. The standard InChI is InChI=1S/C23H25NO3/c1-3-21(27-20-14-13-17-9-5-6-10-18(17)15-20)23(25)24-16-19-11-7-8-12-22(19)26-4-2/h5-15,21H,3-4,16H2,1-2H3,(H,24,25). The molecule has 27 heavy (non-hydrogen) atoms. The zero-order valence-electron chi connectivity index (χ0n) is 15.8. The van der Waals surface area contributed by atoms with Crippen LogP contribution in [0.15, 0.2) is 66.7 Å². The van der Waals surface area contributed by atoms with Crippen LogP contribution in [0.1, 0.15) is 25.8 Å².